The predicted octanol–water partition coefficient (Wildman–Crippen LogP) is 3.08. The Morgan fingerprint density at radius 1 is 1.20 bits per heavy atom. The number of aliphatic hydroxyl groups excluding tert-OH is 1. The Balaban J connectivity index is 2.11. The van der Waals surface area contributed by atoms with Crippen molar-refractivity contribution in [2.24, 2.45) is 0 Å². The van der Waals surface area contributed by atoms with Gasteiger partial charge in [0.1, 0.15) is 5.82 Å². The molecule has 3 nitrogen and oxygen atoms in total. The van der Waals surface area contributed by atoms with E-state index in [2.05, 4.69) is 5.32 Å². The predicted molar refractivity (Wildman–Crippen MR) is 76.9 cm³/mol. The molecule has 20 heavy (non-hydrogen) atoms. The van der Waals surface area contributed by atoms with Crippen LogP contribution in [-0.2, 0) is 0 Å². The molecule has 2 aromatic rings. The molecule has 0 aromatic heterocycles. The highest BCUT2D eigenvalue weighted by Crippen LogP contribution is 2.13. The molecular weight excluding hydrogens is 257 g/mol. The molecule has 0 fully saturated rings. The highest BCUT2D eigenvalue weighted by molar-refractivity contribution is 6.04. The van der Waals surface area contributed by atoms with E-state index in [1.165, 1.54) is 24.3 Å². The summed E-state index contributed by atoms with van der Waals surface area (Å²) < 4.78 is 12.8. The van der Waals surface area contributed by atoms with Crippen molar-refractivity contribution in [3.63, 3.8) is 0 Å². The van der Waals surface area contributed by atoms with Crippen molar-refractivity contribution in [2.75, 3.05) is 11.9 Å². The zero-order chi connectivity index (χ0) is 14.4. The summed E-state index contributed by atoms with van der Waals surface area (Å²) in [5.41, 5.74) is 1.90. The van der Waals surface area contributed by atoms with Crippen LogP contribution in [0.1, 0.15) is 15.9 Å². The van der Waals surface area contributed by atoms with E-state index in [4.69, 9.17) is 5.11 Å². The largest absolute Gasteiger partial charge is 0.392 e. The van der Waals surface area contributed by atoms with Gasteiger partial charge in [-0.25, -0.2) is 4.39 Å². The minimum Gasteiger partial charge on any atom is -0.392 e. The van der Waals surface area contributed by atoms with E-state index in [-0.39, 0.29) is 18.3 Å². The second kappa shape index (κ2) is 6.63. The molecule has 1 amide bonds. The number of rotatable bonds is 4. The van der Waals surface area contributed by atoms with Gasteiger partial charge in [-0.2, -0.15) is 0 Å². The number of carbonyl (C=O) groups excluding carboxylic acids is 1. The number of nitrogens with one attached hydrogen (secondary N) is 1. The fourth-order valence-electron chi connectivity index (χ4n) is 1.71. The number of hydrogen-bond donors (Lipinski definition) is 2. The molecule has 0 radical (unpaired) electrons. The first kappa shape index (κ1) is 14.0. The molecule has 0 spiro atoms. The van der Waals surface area contributed by atoms with Crippen LogP contribution in [0, 0.1) is 5.82 Å². The van der Waals surface area contributed by atoms with Gasteiger partial charge in [-0.05, 0) is 42.0 Å². The maximum absolute atomic E-state index is 12.8. The normalized spacial score (nSPS) is 10.7. The van der Waals surface area contributed by atoms with E-state index in [1.54, 1.807) is 30.4 Å². The van der Waals surface area contributed by atoms with Crippen LogP contribution in [0.25, 0.3) is 6.08 Å². The van der Waals surface area contributed by atoms with Crippen molar-refractivity contribution >= 4 is 17.7 Å². The van der Waals surface area contributed by atoms with Gasteiger partial charge in [-0.3, -0.25) is 4.79 Å². The summed E-state index contributed by atoms with van der Waals surface area (Å²) >= 11 is 0. The van der Waals surface area contributed by atoms with E-state index >= 15 is 0 Å². The van der Waals surface area contributed by atoms with Crippen molar-refractivity contribution in [3.05, 3.63) is 71.6 Å². The van der Waals surface area contributed by atoms with Crippen LogP contribution in [0.5, 0.6) is 0 Å². The average molecular weight is 271 g/mol. The summed E-state index contributed by atoms with van der Waals surface area (Å²) in [6, 6.07) is 12.6. The molecule has 0 aliphatic rings. The molecule has 0 saturated heterocycles. The molecule has 0 unspecified atom stereocenters. The number of hydrogen-bond acceptors (Lipinski definition) is 2. The van der Waals surface area contributed by atoms with E-state index in [1.807, 2.05) is 6.07 Å². The Morgan fingerprint density at radius 3 is 2.65 bits per heavy atom. The Morgan fingerprint density at radius 2 is 1.95 bits per heavy atom. The van der Waals surface area contributed by atoms with Crippen LogP contribution in [0.3, 0.4) is 0 Å². The van der Waals surface area contributed by atoms with E-state index in [9.17, 15) is 9.18 Å². The minimum absolute atomic E-state index is 0.0355. The summed E-state index contributed by atoms with van der Waals surface area (Å²) in [5.74, 6) is -0.675. The van der Waals surface area contributed by atoms with E-state index in [0.29, 0.717) is 11.3 Å². The van der Waals surface area contributed by atoms with Crippen molar-refractivity contribution in [3.8, 4) is 0 Å². The zero-order valence-corrected chi connectivity index (χ0v) is 10.7. The fraction of sp³-hybridized carbons (Fsp3) is 0.0625. The van der Waals surface area contributed by atoms with Gasteiger partial charge in [0.15, 0.2) is 0 Å². The Kier molecular flexibility index (Phi) is 4.63. The number of amides is 1. The molecule has 0 heterocycles. The molecule has 0 aliphatic heterocycles. The molecule has 4 heteroatoms. The van der Waals surface area contributed by atoms with Crippen LogP contribution in [0.15, 0.2) is 54.6 Å². The van der Waals surface area contributed by atoms with Crippen LogP contribution in [0.4, 0.5) is 10.1 Å². The summed E-state index contributed by atoms with van der Waals surface area (Å²) in [7, 11) is 0. The second-order valence-electron chi connectivity index (χ2n) is 4.17. The average Bonchev–Trinajstić information content (AvgIpc) is 2.46. The van der Waals surface area contributed by atoms with Gasteiger partial charge in [0.25, 0.3) is 5.91 Å². The molecule has 2 aromatic carbocycles. The van der Waals surface area contributed by atoms with Crippen molar-refractivity contribution in [1.82, 2.24) is 0 Å². The summed E-state index contributed by atoms with van der Waals surface area (Å²) in [6.07, 6.45) is 3.37. The number of halogens is 1. The number of aliphatic hydroxyl groups is 1. The minimum atomic E-state index is -0.377. The van der Waals surface area contributed by atoms with Gasteiger partial charge >= 0.3 is 0 Å². The third kappa shape index (κ3) is 3.76. The lowest BCUT2D eigenvalue weighted by atomic mass is 10.1. The third-order valence-corrected chi connectivity index (χ3v) is 2.67. The Labute approximate surface area is 116 Å². The van der Waals surface area contributed by atoms with Gasteiger partial charge < -0.3 is 10.4 Å². The van der Waals surface area contributed by atoms with Gasteiger partial charge in [0.2, 0.25) is 0 Å². The summed E-state index contributed by atoms with van der Waals surface area (Å²) in [4.78, 5) is 12.0. The lowest BCUT2D eigenvalue weighted by Gasteiger charge is -2.06. The monoisotopic (exact) mass is 271 g/mol. The smallest absolute Gasteiger partial charge is 0.255 e. The first-order valence-corrected chi connectivity index (χ1v) is 6.13. The van der Waals surface area contributed by atoms with Crippen LogP contribution < -0.4 is 5.32 Å². The molecular formula is C16H14FNO2. The van der Waals surface area contributed by atoms with Crippen LogP contribution >= 0.6 is 0 Å². The highest BCUT2D eigenvalue weighted by Gasteiger charge is 2.05. The maximum atomic E-state index is 12.8. The number of anilines is 1. The standard InChI is InChI=1S/C16H14FNO2/c17-14-8-6-13(7-9-14)16(20)18-15-5-1-3-12(11-15)4-2-10-19/h1-9,11,19H,10H2,(H,18,20)/b4-2+. The van der Waals surface area contributed by atoms with Crippen LogP contribution in [0.2, 0.25) is 0 Å². The Bertz CT molecular complexity index is 621. The molecule has 0 bridgehead atoms. The summed E-state index contributed by atoms with van der Waals surface area (Å²) in [6.45, 7) is -0.0355. The second-order valence-corrected chi connectivity index (χ2v) is 4.17. The zero-order valence-electron chi connectivity index (χ0n) is 10.7. The lowest BCUT2D eigenvalue weighted by molar-refractivity contribution is 0.102. The first-order valence-electron chi connectivity index (χ1n) is 6.13. The summed E-state index contributed by atoms with van der Waals surface area (Å²) in [5, 5.41) is 11.5. The SMILES string of the molecule is O=C(Nc1cccc(/C=C/CO)c1)c1ccc(F)cc1. The quantitative estimate of drug-likeness (QED) is 0.897. The highest BCUT2D eigenvalue weighted by atomic mass is 19.1. The van der Waals surface area contributed by atoms with E-state index < -0.39 is 0 Å². The third-order valence-electron chi connectivity index (χ3n) is 2.67. The first-order chi connectivity index (χ1) is 9.69. The molecule has 102 valence electrons. The molecule has 0 atom stereocenters. The Hall–Kier alpha value is -2.46. The maximum Gasteiger partial charge on any atom is 0.255 e. The van der Waals surface area contributed by atoms with Gasteiger partial charge in [0, 0.05) is 11.3 Å². The van der Waals surface area contributed by atoms with Crippen molar-refractivity contribution < 1.29 is 14.3 Å². The topological polar surface area (TPSA) is 49.3 Å². The van der Waals surface area contributed by atoms with Crippen molar-refractivity contribution in [1.29, 1.82) is 0 Å². The molecule has 0 saturated carbocycles. The molecule has 2 N–H and O–H groups in total. The van der Waals surface area contributed by atoms with Gasteiger partial charge in [0.05, 0.1) is 6.61 Å². The molecule has 2 rings (SSSR count). The lowest BCUT2D eigenvalue weighted by Crippen LogP contribution is -2.11. The number of benzene rings is 2. The fourth-order valence-corrected chi connectivity index (χ4v) is 1.71. The van der Waals surface area contributed by atoms with Gasteiger partial charge in [-0.1, -0.05) is 24.3 Å². The number of carbonyl (C=O) groups is 1. The van der Waals surface area contributed by atoms with Gasteiger partial charge in [-0.15, -0.1) is 0 Å². The molecule has 0 aliphatic carbocycles. The van der Waals surface area contributed by atoms with E-state index in [0.717, 1.165) is 5.56 Å². The van der Waals surface area contributed by atoms with Crippen LogP contribution in [-0.4, -0.2) is 17.6 Å². The van der Waals surface area contributed by atoms with Crippen molar-refractivity contribution in [2.45, 2.75) is 0 Å².